The number of hydrogen-bond acceptors (Lipinski definition) is 3. The van der Waals surface area contributed by atoms with Gasteiger partial charge in [0, 0.05) is 10.6 Å². The summed E-state index contributed by atoms with van der Waals surface area (Å²) in [6.45, 7) is 0. The Bertz CT molecular complexity index is 844. The first kappa shape index (κ1) is 14.6. The minimum Gasteiger partial charge on any atom is -0.382 e. The summed E-state index contributed by atoms with van der Waals surface area (Å²) in [4.78, 5) is 16.7. The third-order valence-electron chi connectivity index (χ3n) is 3.22. The first-order chi connectivity index (χ1) is 10.6. The average Bonchev–Trinajstić information content (AvgIpc) is 2.89. The lowest BCUT2D eigenvalue weighted by molar-refractivity contribution is 0.103. The van der Waals surface area contributed by atoms with Crippen molar-refractivity contribution in [2.45, 2.75) is 0 Å². The molecule has 1 aromatic heterocycles. The highest BCUT2D eigenvalue weighted by Gasteiger charge is 2.20. The van der Waals surface area contributed by atoms with E-state index >= 15 is 0 Å². The van der Waals surface area contributed by atoms with Crippen molar-refractivity contribution < 1.29 is 4.79 Å². The lowest BCUT2D eigenvalue weighted by Crippen LogP contribution is -2.11. The van der Waals surface area contributed by atoms with Gasteiger partial charge in [0.25, 0.3) is 0 Å². The summed E-state index contributed by atoms with van der Waals surface area (Å²) in [7, 11) is 0. The maximum atomic E-state index is 12.7. The van der Waals surface area contributed by atoms with Crippen LogP contribution in [0.1, 0.15) is 16.1 Å². The Morgan fingerprint density at radius 2 is 1.82 bits per heavy atom. The Morgan fingerprint density at radius 3 is 2.50 bits per heavy atom. The van der Waals surface area contributed by atoms with Gasteiger partial charge in [0.05, 0.1) is 10.7 Å². The highest BCUT2D eigenvalue weighted by Crippen LogP contribution is 2.28. The van der Waals surface area contributed by atoms with Crippen molar-refractivity contribution >= 4 is 34.8 Å². The first-order valence-corrected chi connectivity index (χ1v) is 7.21. The number of carbonyl (C=O) groups is 1. The number of imidazole rings is 1. The molecule has 0 aliphatic heterocycles. The van der Waals surface area contributed by atoms with Crippen LogP contribution in [0.4, 0.5) is 5.82 Å². The number of ketones is 1. The molecule has 6 heteroatoms. The van der Waals surface area contributed by atoms with Gasteiger partial charge < -0.3 is 5.73 Å². The molecule has 3 aromatic rings. The molecule has 0 unspecified atom stereocenters. The summed E-state index contributed by atoms with van der Waals surface area (Å²) >= 11 is 12.1. The van der Waals surface area contributed by atoms with Gasteiger partial charge in [0.2, 0.25) is 5.78 Å². The van der Waals surface area contributed by atoms with E-state index in [2.05, 4.69) is 4.98 Å². The van der Waals surface area contributed by atoms with Gasteiger partial charge in [-0.2, -0.15) is 0 Å². The van der Waals surface area contributed by atoms with E-state index in [1.807, 2.05) is 6.07 Å². The molecule has 22 heavy (non-hydrogen) atoms. The van der Waals surface area contributed by atoms with Crippen molar-refractivity contribution in [3.05, 3.63) is 76.2 Å². The summed E-state index contributed by atoms with van der Waals surface area (Å²) in [6, 6.07) is 13.9. The SMILES string of the molecule is Nc1ncn(-c2ccc(Cl)cc2Cl)c1C(=O)c1ccccc1. The molecule has 1 heterocycles. The van der Waals surface area contributed by atoms with Gasteiger partial charge in [-0.05, 0) is 18.2 Å². The van der Waals surface area contributed by atoms with Crippen molar-refractivity contribution in [3.63, 3.8) is 0 Å². The highest BCUT2D eigenvalue weighted by atomic mass is 35.5. The molecule has 0 aliphatic carbocycles. The first-order valence-electron chi connectivity index (χ1n) is 6.46. The van der Waals surface area contributed by atoms with Crippen LogP contribution in [0, 0.1) is 0 Å². The van der Waals surface area contributed by atoms with E-state index in [-0.39, 0.29) is 17.3 Å². The fourth-order valence-electron chi connectivity index (χ4n) is 2.17. The van der Waals surface area contributed by atoms with Crippen LogP contribution in [-0.2, 0) is 0 Å². The van der Waals surface area contributed by atoms with Crippen molar-refractivity contribution in [2.75, 3.05) is 5.73 Å². The molecule has 0 aliphatic rings. The van der Waals surface area contributed by atoms with Crippen LogP contribution >= 0.6 is 23.2 Å². The smallest absolute Gasteiger partial charge is 0.213 e. The number of carbonyl (C=O) groups excluding carboxylic acids is 1. The van der Waals surface area contributed by atoms with Gasteiger partial charge in [-0.3, -0.25) is 9.36 Å². The van der Waals surface area contributed by atoms with Crippen molar-refractivity contribution in [1.82, 2.24) is 9.55 Å². The van der Waals surface area contributed by atoms with Gasteiger partial charge in [0.1, 0.15) is 12.0 Å². The number of nitrogen functional groups attached to an aromatic ring is 1. The van der Waals surface area contributed by atoms with E-state index in [9.17, 15) is 4.79 Å². The average molecular weight is 332 g/mol. The van der Waals surface area contributed by atoms with Gasteiger partial charge in [-0.25, -0.2) is 4.98 Å². The predicted octanol–water partition coefficient (Wildman–Crippen LogP) is 3.99. The Labute approximate surface area is 137 Å². The lowest BCUT2D eigenvalue weighted by atomic mass is 10.1. The van der Waals surface area contributed by atoms with Crippen LogP contribution in [0.25, 0.3) is 5.69 Å². The maximum Gasteiger partial charge on any atom is 0.213 e. The number of nitrogens with zero attached hydrogens (tertiary/aromatic N) is 2. The zero-order valence-electron chi connectivity index (χ0n) is 11.3. The van der Waals surface area contributed by atoms with Crippen LogP contribution in [0.2, 0.25) is 10.0 Å². The molecule has 0 radical (unpaired) electrons. The predicted molar refractivity (Wildman–Crippen MR) is 87.9 cm³/mol. The maximum absolute atomic E-state index is 12.7. The third kappa shape index (κ3) is 2.58. The van der Waals surface area contributed by atoms with E-state index in [4.69, 9.17) is 28.9 Å². The third-order valence-corrected chi connectivity index (χ3v) is 3.75. The number of hydrogen-bond donors (Lipinski definition) is 1. The largest absolute Gasteiger partial charge is 0.382 e. The number of nitrogens with two attached hydrogens (primary N) is 1. The molecular weight excluding hydrogens is 321 g/mol. The molecule has 3 rings (SSSR count). The minimum atomic E-state index is -0.221. The summed E-state index contributed by atoms with van der Waals surface area (Å²) in [5.41, 5.74) is 7.27. The quantitative estimate of drug-likeness (QED) is 0.738. The van der Waals surface area contributed by atoms with E-state index in [1.165, 1.54) is 6.33 Å². The monoisotopic (exact) mass is 331 g/mol. The Balaban J connectivity index is 2.14. The standard InChI is InChI=1S/C16H11Cl2N3O/c17-11-6-7-13(12(18)8-11)21-9-20-16(19)14(21)15(22)10-4-2-1-3-5-10/h1-9H,19H2. The molecule has 0 fully saturated rings. The number of benzene rings is 2. The van der Waals surface area contributed by atoms with Crippen LogP contribution in [0.3, 0.4) is 0 Å². The topological polar surface area (TPSA) is 60.9 Å². The Kier molecular flexibility index (Phi) is 3.88. The van der Waals surface area contributed by atoms with Crippen molar-refractivity contribution in [3.8, 4) is 5.69 Å². The molecule has 110 valence electrons. The fraction of sp³-hybridized carbons (Fsp3) is 0. The van der Waals surface area contributed by atoms with Gasteiger partial charge in [-0.1, -0.05) is 53.5 Å². The molecule has 2 N–H and O–H groups in total. The van der Waals surface area contributed by atoms with Gasteiger partial charge in [0.15, 0.2) is 5.82 Å². The number of halogens is 2. The lowest BCUT2D eigenvalue weighted by Gasteiger charge is -2.10. The van der Waals surface area contributed by atoms with Crippen LogP contribution < -0.4 is 5.73 Å². The molecule has 4 nitrogen and oxygen atoms in total. The van der Waals surface area contributed by atoms with Crippen LogP contribution in [0.5, 0.6) is 0 Å². The summed E-state index contributed by atoms with van der Waals surface area (Å²) < 4.78 is 1.57. The van der Waals surface area contributed by atoms with Crippen molar-refractivity contribution in [2.24, 2.45) is 0 Å². The summed E-state index contributed by atoms with van der Waals surface area (Å²) in [5.74, 6) is -0.0681. The van der Waals surface area contributed by atoms with Gasteiger partial charge >= 0.3 is 0 Å². The van der Waals surface area contributed by atoms with E-state index in [0.717, 1.165) is 0 Å². The number of anilines is 1. The van der Waals surface area contributed by atoms with Crippen LogP contribution in [-0.4, -0.2) is 15.3 Å². The second kappa shape index (κ2) is 5.83. The zero-order chi connectivity index (χ0) is 15.7. The fourth-order valence-corrected chi connectivity index (χ4v) is 2.67. The van der Waals surface area contributed by atoms with Crippen LogP contribution in [0.15, 0.2) is 54.9 Å². The van der Waals surface area contributed by atoms with Gasteiger partial charge in [-0.15, -0.1) is 0 Å². The molecule has 0 saturated heterocycles. The Morgan fingerprint density at radius 1 is 1.09 bits per heavy atom. The summed E-state index contributed by atoms with van der Waals surface area (Å²) in [6.07, 6.45) is 1.47. The van der Waals surface area contributed by atoms with Crippen molar-refractivity contribution in [1.29, 1.82) is 0 Å². The van der Waals surface area contributed by atoms with E-state index in [0.29, 0.717) is 21.3 Å². The second-order valence-corrected chi connectivity index (χ2v) is 5.48. The minimum absolute atomic E-state index is 0.153. The molecule has 0 bridgehead atoms. The van der Waals surface area contributed by atoms with E-state index < -0.39 is 0 Å². The Hall–Kier alpha value is -2.30. The molecular formula is C16H11Cl2N3O. The number of rotatable bonds is 3. The molecule has 0 amide bonds. The molecule has 0 saturated carbocycles. The normalized spacial score (nSPS) is 10.6. The van der Waals surface area contributed by atoms with E-state index in [1.54, 1.807) is 47.0 Å². The highest BCUT2D eigenvalue weighted by molar-refractivity contribution is 6.35. The molecule has 2 aromatic carbocycles. The summed E-state index contributed by atoms with van der Waals surface area (Å²) in [5, 5.41) is 0.921. The molecule has 0 spiro atoms. The zero-order valence-corrected chi connectivity index (χ0v) is 12.8. The molecule has 0 atom stereocenters. The second-order valence-electron chi connectivity index (χ2n) is 4.64. The number of aromatic nitrogens is 2.